The van der Waals surface area contributed by atoms with Crippen LogP contribution in [0.3, 0.4) is 0 Å². The van der Waals surface area contributed by atoms with Gasteiger partial charge in [0, 0.05) is 0 Å². The monoisotopic (exact) mass is 319 g/mol. The minimum atomic E-state index is -0.735. The van der Waals surface area contributed by atoms with E-state index in [1.807, 2.05) is 0 Å². The van der Waals surface area contributed by atoms with Gasteiger partial charge in [0.15, 0.2) is 5.83 Å². The molecule has 1 saturated carbocycles. The summed E-state index contributed by atoms with van der Waals surface area (Å²) in [6.45, 7) is 0. The Labute approximate surface area is 134 Å². The summed E-state index contributed by atoms with van der Waals surface area (Å²) in [4.78, 5) is 12.1. The molecule has 0 N–H and O–H groups in total. The maximum absolute atomic E-state index is 12.8. The lowest BCUT2D eigenvalue weighted by Gasteiger charge is -2.26. The Morgan fingerprint density at radius 2 is 1.91 bits per heavy atom. The molecule has 0 aromatic heterocycles. The molecule has 1 fully saturated rings. The average molecular weight is 319 g/mol. The zero-order valence-electron chi connectivity index (χ0n) is 12.8. The number of rotatable bonds is 5. The number of nitrogens with zero attached hydrogens (tertiary/aromatic N) is 1. The van der Waals surface area contributed by atoms with Crippen LogP contribution in [0, 0.1) is 29.0 Å². The standard InChI is InChI=1S/C18H19F2NO2/c19-15-8-10-17(11-9-15)23-18(22)14-6-4-13(5-7-14)2-1-3-16(20)12-21/h3,8-11,13-14H,1-2,4-7H2. The summed E-state index contributed by atoms with van der Waals surface area (Å²) in [6.07, 6.45) is 5.97. The number of nitriles is 1. The van der Waals surface area contributed by atoms with Gasteiger partial charge >= 0.3 is 5.97 Å². The minimum absolute atomic E-state index is 0.136. The lowest BCUT2D eigenvalue weighted by Crippen LogP contribution is -2.25. The normalized spacial score (nSPS) is 21.5. The van der Waals surface area contributed by atoms with Crippen LogP contribution in [0.4, 0.5) is 8.78 Å². The molecule has 2 rings (SSSR count). The Kier molecular flexibility index (Phi) is 6.28. The number of carbonyl (C=O) groups excluding carboxylic acids is 1. The van der Waals surface area contributed by atoms with Crippen LogP contribution in [-0.4, -0.2) is 5.97 Å². The SMILES string of the molecule is N#CC(F)=CCCC1CCC(C(=O)Oc2ccc(F)cc2)CC1. The Morgan fingerprint density at radius 3 is 2.52 bits per heavy atom. The van der Waals surface area contributed by atoms with Crippen LogP contribution < -0.4 is 4.74 Å². The first kappa shape index (κ1) is 17.1. The van der Waals surface area contributed by atoms with E-state index >= 15 is 0 Å². The maximum Gasteiger partial charge on any atom is 0.314 e. The number of carbonyl (C=O) groups is 1. The van der Waals surface area contributed by atoms with Crippen molar-refractivity contribution in [2.24, 2.45) is 11.8 Å². The first-order valence-corrected chi connectivity index (χ1v) is 7.81. The first-order chi connectivity index (χ1) is 11.1. The van der Waals surface area contributed by atoms with Gasteiger partial charge in [-0.15, -0.1) is 0 Å². The summed E-state index contributed by atoms with van der Waals surface area (Å²) in [5.74, 6) is -0.704. The number of halogens is 2. The molecule has 0 bridgehead atoms. The van der Waals surface area contributed by atoms with Crippen molar-refractivity contribution in [2.45, 2.75) is 38.5 Å². The van der Waals surface area contributed by atoms with Crippen molar-refractivity contribution >= 4 is 5.97 Å². The molecule has 0 radical (unpaired) electrons. The molecule has 0 aliphatic heterocycles. The van der Waals surface area contributed by atoms with Gasteiger partial charge in [0.1, 0.15) is 17.6 Å². The highest BCUT2D eigenvalue weighted by molar-refractivity contribution is 5.75. The first-order valence-electron chi connectivity index (χ1n) is 7.81. The highest BCUT2D eigenvalue weighted by atomic mass is 19.1. The molecule has 1 aromatic rings. The van der Waals surface area contributed by atoms with E-state index in [4.69, 9.17) is 10.00 Å². The molecular weight excluding hydrogens is 300 g/mol. The zero-order valence-corrected chi connectivity index (χ0v) is 12.8. The van der Waals surface area contributed by atoms with Crippen molar-refractivity contribution in [2.75, 3.05) is 0 Å². The highest BCUT2D eigenvalue weighted by Crippen LogP contribution is 2.32. The fourth-order valence-corrected chi connectivity index (χ4v) is 2.88. The fourth-order valence-electron chi connectivity index (χ4n) is 2.88. The molecule has 1 aliphatic carbocycles. The quantitative estimate of drug-likeness (QED) is 0.449. The van der Waals surface area contributed by atoms with Gasteiger partial charge in [-0.1, -0.05) is 0 Å². The topological polar surface area (TPSA) is 50.1 Å². The molecule has 1 aromatic carbocycles. The molecule has 122 valence electrons. The van der Waals surface area contributed by atoms with E-state index in [9.17, 15) is 13.6 Å². The van der Waals surface area contributed by atoms with Crippen LogP contribution in [-0.2, 0) is 4.79 Å². The predicted octanol–water partition coefficient (Wildman–Crippen LogP) is 4.69. The number of hydrogen-bond donors (Lipinski definition) is 0. The van der Waals surface area contributed by atoms with Crippen LogP contribution in [0.5, 0.6) is 5.75 Å². The van der Waals surface area contributed by atoms with E-state index in [0.29, 0.717) is 18.1 Å². The second kappa shape index (κ2) is 8.42. The molecule has 0 unspecified atom stereocenters. The third kappa shape index (κ3) is 5.48. The summed E-state index contributed by atoms with van der Waals surface area (Å²) >= 11 is 0. The van der Waals surface area contributed by atoms with Gasteiger partial charge in [0.2, 0.25) is 0 Å². The molecule has 0 heterocycles. The van der Waals surface area contributed by atoms with E-state index in [-0.39, 0.29) is 17.7 Å². The van der Waals surface area contributed by atoms with E-state index in [1.54, 1.807) is 0 Å². The lowest BCUT2D eigenvalue weighted by molar-refractivity contribution is -0.140. The number of allylic oxidation sites excluding steroid dienone is 2. The van der Waals surface area contributed by atoms with Gasteiger partial charge in [-0.05, 0) is 74.8 Å². The zero-order chi connectivity index (χ0) is 16.7. The van der Waals surface area contributed by atoms with Gasteiger partial charge in [0.25, 0.3) is 0 Å². The van der Waals surface area contributed by atoms with Crippen molar-refractivity contribution in [3.63, 3.8) is 0 Å². The predicted molar refractivity (Wildman–Crippen MR) is 81.5 cm³/mol. The second-order valence-electron chi connectivity index (χ2n) is 5.83. The van der Waals surface area contributed by atoms with Crippen LogP contribution in [0.1, 0.15) is 38.5 Å². The number of ether oxygens (including phenoxy) is 1. The van der Waals surface area contributed by atoms with Crippen molar-refractivity contribution in [1.29, 1.82) is 5.26 Å². The third-order valence-corrected chi connectivity index (χ3v) is 4.22. The van der Waals surface area contributed by atoms with Gasteiger partial charge in [0.05, 0.1) is 5.92 Å². The summed E-state index contributed by atoms with van der Waals surface area (Å²) < 4.78 is 30.8. The van der Waals surface area contributed by atoms with Crippen molar-refractivity contribution in [3.05, 3.63) is 42.0 Å². The fraction of sp³-hybridized carbons (Fsp3) is 0.444. The number of esters is 1. The van der Waals surface area contributed by atoms with Gasteiger partial charge in [-0.25, -0.2) is 4.39 Å². The van der Waals surface area contributed by atoms with Crippen molar-refractivity contribution in [3.8, 4) is 11.8 Å². The summed E-state index contributed by atoms with van der Waals surface area (Å²) in [7, 11) is 0. The molecule has 23 heavy (non-hydrogen) atoms. The van der Waals surface area contributed by atoms with Crippen LogP contribution in [0.25, 0.3) is 0 Å². The van der Waals surface area contributed by atoms with Crippen LogP contribution in [0.2, 0.25) is 0 Å². The largest absolute Gasteiger partial charge is 0.426 e. The minimum Gasteiger partial charge on any atom is -0.426 e. The molecule has 0 amide bonds. The molecule has 0 saturated heterocycles. The molecule has 3 nitrogen and oxygen atoms in total. The van der Waals surface area contributed by atoms with Crippen LogP contribution >= 0.6 is 0 Å². The van der Waals surface area contributed by atoms with Crippen LogP contribution in [0.15, 0.2) is 36.2 Å². The highest BCUT2D eigenvalue weighted by Gasteiger charge is 2.27. The van der Waals surface area contributed by atoms with Crippen molar-refractivity contribution < 1.29 is 18.3 Å². The average Bonchev–Trinajstić information content (AvgIpc) is 2.57. The van der Waals surface area contributed by atoms with Gasteiger partial charge in [-0.3, -0.25) is 4.79 Å². The molecular formula is C18H19F2NO2. The van der Waals surface area contributed by atoms with E-state index in [0.717, 1.165) is 32.1 Å². The molecule has 0 atom stereocenters. The Balaban J connectivity index is 1.74. The Hall–Kier alpha value is -2.22. The number of benzene rings is 1. The Bertz CT molecular complexity index is 596. The van der Waals surface area contributed by atoms with E-state index < -0.39 is 5.83 Å². The molecule has 5 heteroatoms. The third-order valence-electron chi connectivity index (χ3n) is 4.22. The summed E-state index contributed by atoms with van der Waals surface area (Å²) in [6, 6.07) is 6.85. The Morgan fingerprint density at radius 1 is 1.26 bits per heavy atom. The van der Waals surface area contributed by atoms with E-state index in [2.05, 4.69) is 0 Å². The lowest BCUT2D eigenvalue weighted by atomic mass is 9.80. The van der Waals surface area contributed by atoms with Gasteiger partial charge in [-0.2, -0.15) is 9.65 Å². The van der Waals surface area contributed by atoms with E-state index in [1.165, 1.54) is 36.4 Å². The summed E-state index contributed by atoms with van der Waals surface area (Å²) in [5.41, 5.74) is 0. The van der Waals surface area contributed by atoms with Gasteiger partial charge < -0.3 is 4.74 Å². The second-order valence-corrected chi connectivity index (χ2v) is 5.83. The molecule has 1 aliphatic rings. The van der Waals surface area contributed by atoms with Crippen molar-refractivity contribution in [1.82, 2.24) is 0 Å². The maximum atomic E-state index is 12.8. The molecule has 0 spiro atoms. The summed E-state index contributed by atoms with van der Waals surface area (Å²) in [5, 5.41) is 8.34. The number of hydrogen-bond acceptors (Lipinski definition) is 3. The smallest absolute Gasteiger partial charge is 0.314 e.